The maximum absolute atomic E-state index is 13.7. The second-order valence-corrected chi connectivity index (χ2v) is 9.50. The average molecular weight is 471 g/mol. The first-order chi connectivity index (χ1) is 16.7. The summed E-state index contributed by atoms with van der Waals surface area (Å²) in [6.45, 7) is 5.25. The van der Waals surface area contributed by atoms with Gasteiger partial charge in [0.2, 0.25) is 11.8 Å². The third kappa shape index (κ3) is 5.03. The molecular formula is C29H30N2O4. The topological polar surface area (TPSA) is 95.5 Å². The van der Waals surface area contributed by atoms with Crippen LogP contribution in [0, 0.1) is 25.7 Å². The first-order valence-electron chi connectivity index (χ1n) is 11.7. The summed E-state index contributed by atoms with van der Waals surface area (Å²) in [5.41, 5.74) is 1.98. The van der Waals surface area contributed by atoms with Crippen molar-refractivity contribution in [3.63, 3.8) is 0 Å². The maximum atomic E-state index is 13.7. The van der Waals surface area contributed by atoms with Crippen molar-refractivity contribution in [1.29, 1.82) is 0 Å². The van der Waals surface area contributed by atoms with Gasteiger partial charge < -0.3 is 15.7 Å². The van der Waals surface area contributed by atoms with Crippen LogP contribution in [0.5, 0.6) is 0 Å². The highest BCUT2D eigenvalue weighted by molar-refractivity contribution is 6.10. The maximum Gasteiger partial charge on any atom is 0.235 e. The summed E-state index contributed by atoms with van der Waals surface area (Å²) in [5, 5.41) is 17.2. The van der Waals surface area contributed by atoms with E-state index in [9.17, 15) is 19.5 Å². The summed E-state index contributed by atoms with van der Waals surface area (Å²) in [7, 11) is 0. The molecule has 0 unspecified atom stereocenters. The lowest BCUT2D eigenvalue weighted by Crippen LogP contribution is -2.56. The zero-order chi connectivity index (χ0) is 25.2. The molecule has 0 aromatic heterocycles. The summed E-state index contributed by atoms with van der Waals surface area (Å²) in [5.74, 6) is -4.32. The Morgan fingerprint density at radius 2 is 1.29 bits per heavy atom. The molecule has 4 rings (SSSR count). The Hall–Kier alpha value is -3.77. The van der Waals surface area contributed by atoms with E-state index < -0.39 is 41.0 Å². The molecule has 1 saturated carbocycles. The number of hydrogen-bond acceptors (Lipinski definition) is 4. The molecule has 0 bridgehead atoms. The minimum absolute atomic E-state index is 0.298. The van der Waals surface area contributed by atoms with Crippen LogP contribution in [0.4, 0.5) is 11.4 Å². The third-order valence-corrected chi connectivity index (χ3v) is 6.82. The number of amides is 2. The lowest BCUT2D eigenvalue weighted by atomic mass is 9.61. The van der Waals surface area contributed by atoms with Crippen molar-refractivity contribution in [2.45, 2.75) is 38.7 Å². The summed E-state index contributed by atoms with van der Waals surface area (Å²) in [6, 6.07) is 23.7. The molecule has 0 aliphatic heterocycles. The molecule has 0 saturated heterocycles. The van der Waals surface area contributed by atoms with Crippen molar-refractivity contribution < 1.29 is 19.5 Å². The van der Waals surface area contributed by atoms with Crippen LogP contribution in [0.3, 0.4) is 0 Å². The second kappa shape index (κ2) is 9.84. The van der Waals surface area contributed by atoms with Gasteiger partial charge in [0.05, 0.1) is 11.5 Å². The SMILES string of the molecule is Cc1ccccc1NC(=O)[C@@H]1C(=O)C[C@](C)(O)[C@H](C(=O)Nc2ccccc2C)[C@@H]1c1ccccc1. The molecule has 0 heterocycles. The first kappa shape index (κ1) is 24.4. The van der Waals surface area contributed by atoms with E-state index >= 15 is 0 Å². The largest absolute Gasteiger partial charge is 0.389 e. The van der Waals surface area contributed by atoms with Crippen LogP contribution < -0.4 is 10.6 Å². The normalized spacial score (nSPS) is 24.0. The lowest BCUT2D eigenvalue weighted by Gasteiger charge is -2.44. The van der Waals surface area contributed by atoms with Crippen LogP contribution in [-0.2, 0) is 14.4 Å². The van der Waals surface area contributed by atoms with Crippen molar-refractivity contribution in [2.75, 3.05) is 10.6 Å². The number of benzene rings is 3. The van der Waals surface area contributed by atoms with E-state index in [0.29, 0.717) is 16.9 Å². The molecule has 6 nitrogen and oxygen atoms in total. The standard InChI is InChI=1S/C29H30N2O4/c1-18-11-7-9-15-21(18)30-27(33)25-23(32)17-29(3,35)26(24(25)20-13-5-4-6-14-20)28(34)31-22-16-10-8-12-19(22)2/h4-16,24-26,35H,17H2,1-3H3,(H,30,33)(H,31,34)/t24-,25-,26+,29+/m1/s1. The zero-order valence-electron chi connectivity index (χ0n) is 20.1. The Morgan fingerprint density at radius 1 is 0.800 bits per heavy atom. The fraction of sp³-hybridized carbons (Fsp3) is 0.276. The van der Waals surface area contributed by atoms with Gasteiger partial charge in [-0.15, -0.1) is 0 Å². The van der Waals surface area contributed by atoms with Crippen LogP contribution in [0.2, 0.25) is 0 Å². The van der Waals surface area contributed by atoms with Gasteiger partial charge in [-0.2, -0.15) is 0 Å². The molecular weight excluding hydrogens is 440 g/mol. The predicted octanol–water partition coefficient (Wildman–Crippen LogP) is 4.62. The Morgan fingerprint density at radius 3 is 1.83 bits per heavy atom. The molecule has 1 aliphatic carbocycles. The highest BCUT2D eigenvalue weighted by Gasteiger charge is 2.55. The molecule has 1 aliphatic rings. The molecule has 0 radical (unpaired) electrons. The van der Waals surface area contributed by atoms with E-state index in [1.54, 1.807) is 36.4 Å². The fourth-order valence-electron chi connectivity index (χ4n) is 5.01. The molecule has 4 atom stereocenters. The molecule has 3 aromatic rings. The van der Waals surface area contributed by atoms with Crippen LogP contribution >= 0.6 is 0 Å². The van der Waals surface area contributed by atoms with Gasteiger partial charge in [0, 0.05) is 23.7 Å². The quantitative estimate of drug-likeness (QED) is 0.474. The minimum Gasteiger partial charge on any atom is -0.389 e. The first-order valence-corrected chi connectivity index (χ1v) is 11.7. The van der Waals surface area contributed by atoms with Gasteiger partial charge in [0.25, 0.3) is 0 Å². The van der Waals surface area contributed by atoms with E-state index in [1.807, 2.05) is 56.3 Å². The number of aryl methyl sites for hydroxylation is 2. The van der Waals surface area contributed by atoms with Gasteiger partial charge in [0.1, 0.15) is 11.7 Å². The number of carbonyl (C=O) groups is 3. The van der Waals surface area contributed by atoms with Crippen molar-refractivity contribution in [2.24, 2.45) is 11.8 Å². The number of anilines is 2. The molecule has 3 aromatic carbocycles. The Balaban J connectivity index is 1.76. The monoisotopic (exact) mass is 470 g/mol. The second-order valence-electron chi connectivity index (χ2n) is 9.50. The summed E-state index contributed by atoms with van der Waals surface area (Å²) in [4.78, 5) is 40.6. The number of rotatable bonds is 5. The van der Waals surface area contributed by atoms with E-state index in [1.165, 1.54) is 6.92 Å². The third-order valence-electron chi connectivity index (χ3n) is 6.82. The van der Waals surface area contributed by atoms with Crippen LogP contribution in [0.1, 0.15) is 36.0 Å². The summed E-state index contributed by atoms with van der Waals surface area (Å²) >= 11 is 0. The Labute approximate surface area is 205 Å². The van der Waals surface area contributed by atoms with Gasteiger partial charge in [0.15, 0.2) is 0 Å². The molecule has 2 amide bonds. The van der Waals surface area contributed by atoms with E-state index in [0.717, 1.165) is 11.1 Å². The van der Waals surface area contributed by atoms with Crippen molar-refractivity contribution in [3.8, 4) is 0 Å². The van der Waals surface area contributed by atoms with Crippen molar-refractivity contribution in [1.82, 2.24) is 0 Å². The summed E-state index contributed by atoms with van der Waals surface area (Å²) in [6.07, 6.45) is -0.298. The van der Waals surface area contributed by atoms with Gasteiger partial charge in [-0.3, -0.25) is 14.4 Å². The van der Waals surface area contributed by atoms with Gasteiger partial charge in [-0.05, 0) is 49.6 Å². The number of nitrogens with one attached hydrogen (secondary N) is 2. The van der Waals surface area contributed by atoms with Crippen LogP contribution in [-0.4, -0.2) is 28.3 Å². The zero-order valence-corrected chi connectivity index (χ0v) is 20.1. The number of hydrogen-bond donors (Lipinski definition) is 3. The molecule has 35 heavy (non-hydrogen) atoms. The van der Waals surface area contributed by atoms with Crippen LogP contribution in [0.15, 0.2) is 78.9 Å². The Kier molecular flexibility index (Phi) is 6.85. The van der Waals surface area contributed by atoms with Gasteiger partial charge >= 0.3 is 0 Å². The van der Waals surface area contributed by atoms with Crippen molar-refractivity contribution >= 4 is 29.0 Å². The highest BCUT2D eigenvalue weighted by Crippen LogP contribution is 2.46. The molecule has 1 fully saturated rings. The summed E-state index contributed by atoms with van der Waals surface area (Å²) < 4.78 is 0. The van der Waals surface area contributed by atoms with Crippen molar-refractivity contribution in [3.05, 3.63) is 95.6 Å². The van der Waals surface area contributed by atoms with E-state index in [2.05, 4.69) is 10.6 Å². The highest BCUT2D eigenvalue weighted by atomic mass is 16.3. The van der Waals surface area contributed by atoms with Crippen LogP contribution in [0.25, 0.3) is 0 Å². The lowest BCUT2D eigenvalue weighted by molar-refractivity contribution is -0.150. The number of ketones is 1. The molecule has 180 valence electrons. The minimum atomic E-state index is -1.64. The number of Topliss-reactive ketones (excluding diaryl/α,β-unsaturated/α-hetero) is 1. The number of para-hydroxylation sites is 2. The molecule has 0 spiro atoms. The van der Waals surface area contributed by atoms with E-state index in [-0.39, 0.29) is 6.42 Å². The van der Waals surface area contributed by atoms with E-state index in [4.69, 9.17) is 0 Å². The average Bonchev–Trinajstić information content (AvgIpc) is 2.81. The fourth-order valence-corrected chi connectivity index (χ4v) is 5.01. The van der Waals surface area contributed by atoms with Gasteiger partial charge in [-0.25, -0.2) is 0 Å². The smallest absolute Gasteiger partial charge is 0.235 e. The molecule has 6 heteroatoms. The molecule has 3 N–H and O–H groups in total. The number of carbonyl (C=O) groups excluding carboxylic acids is 3. The number of aliphatic hydroxyl groups is 1. The van der Waals surface area contributed by atoms with Gasteiger partial charge in [-0.1, -0.05) is 66.7 Å². The Bertz CT molecular complexity index is 1250. The predicted molar refractivity (Wildman–Crippen MR) is 136 cm³/mol.